The maximum atomic E-state index is 10.8. The predicted octanol–water partition coefficient (Wildman–Crippen LogP) is 0.347. The molecule has 0 aromatic heterocycles. The first-order valence-electron chi connectivity index (χ1n) is 4.55. The van der Waals surface area contributed by atoms with Gasteiger partial charge in [0.1, 0.15) is 13.2 Å². The number of ether oxygens (including phenoxy) is 3. The van der Waals surface area contributed by atoms with E-state index < -0.39 is 11.9 Å². The number of esters is 1. The Morgan fingerprint density at radius 3 is 2.44 bits per heavy atom. The minimum Gasteiger partial charge on any atom is -0.499 e. The van der Waals surface area contributed by atoms with Crippen LogP contribution >= 0.6 is 0 Å². The summed E-state index contributed by atoms with van der Waals surface area (Å²) < 4.78 is 14.4. The van der Waals surface area contributed by atoms with Gasteiger partial charge in [-0.05, 0) is 0 Å². The molecule has 0 saturated carbocycles. The quantitative estimate of drug-likeness (QED) is 0.266. The van der Waals surface area contributed by atoms with E-state index in [1.54, 1.807) is 0 Å². The molecule has 0 aliphatic rings. The summed E-state index contributed by atoms with van der Waals surface area (Å²) in [5.41, 5.74) is 0. The fourth-order valence-corrected chi connectivity index (χ4v) is 0.681. The van der Waals surface area contributed by atoms with Gasteiger partial charge in [-0.1, -0.05) is 6.58 Å². The van der Waals surface area contributed by atoms with Crippen molar-refractivity contribution in [2.75, 3.05) is 26.4 Å². The van der Waals surface area contributed by atoms with Gasteiger partial charge in [-0.2, -0.15) is 0 Å². The van der Waals surface area contributed by atoms with Crippen molar-refractivity contribution in [1.29, 1.82) is 0 Å². The molecule has 0 bridgehead atoms. The highest BCUT2D eigenvalue weighted by atomic mass is 16.6. The van der Waals surface area contributed by atoms with E-state index >= 15 is 0 Å². The van der Waals surface area contributed by atoms with E-state index in [2.05, 4.69) is 11.3 Å². The lowest BCUT2D eigenvalue weighted by atomic mass is 10.5. The molecule has 1 N–H and O–H groups in total. The average Bonchev–Trinajstić information content (AvgIpc) is 2.25. The van der Waals surface area contributed by atoms with Gasteiger partial charge in [-0.25, -0.2) is 9.59 Å². The molecule has 0 unspecified atom stereocenters. The van der Waals surface area contributed by atoms with Crippen molar-refractivity contribution < 1.29 is 28.9 Å². The molecule has 0 aromatic carbocycles. The van der Waals surface area contributed by atoms with E-state index in [1.165, 1.54) is 6.26 Å². The molecule has 6 heteroatoms. The standard InChI is InChI=1S/C10H14O6/c1-2-14-5-6-15-7-8-16-10(13)4-3-9(11)12/h2-4H,1,5-8H2,(H,11,12)/b4-3-. The Morgan fingerprint density at radius 1 is 1.12 bits per heavy atom. The third kappa shape index (κ3) is 10.3. The second-order valence-electron chi connectivity index (χ2n) is 2.49. The molecule has 0 radical (unpaired) electrons. The molecule has 0 rings (SSSR count). The number of carbonyl (C=O) groups excluding carboxylic acids is 1. The van der Waals surface area contributed by atoms with Crippen LogP contribution < -0.4 is 0 Å². The molecular formula is C10H14O6. The van der Waals surface area contributed by atoms with Crippen LogP contribution in [-0.4, -0.2) is 43.5 Å². The highest BCUT2D eigenvalue weighted by molar-refractivity contribution is 5.90. The van der Waals surface area contributed by atoms with Crippen LogP contribution in [-0.2, 0) is 23.8 Å². The Bertz CT molecular complexity index is 258. The van der Waals surface area contributed by atoms with E-state index in [1.807, 2.05) is 0 Å². The highest BCUT2D eigenvalue weighted by Gasteiger charge is 1.97. The summed E-state index contributed by atoms with van der Waals surface area (Å²) in [6, 6.07) is 0. The van der Waals surface area contributed by atoms with Gasteiger partial charge in [-0.15, -0.1) is 0 Å². The Hall–Kier alpha value is -1.82. The number of hydrogen-bond acceptors (Lipinski definition) is 5. The van der Waals surface area contributed by atoms with Crippen LogP contribution in [0.3, 0.4) is 0 Å². The van der Waals surface area contributed by atoms with Gasteiger partial charge in [0.15, 0.2) is 0 Å². The van der Waals surface area contributed by atoms with Crippen LogP contribution in [0, 0.1) is 0 Å². The molecule has 0 saturated heterocycles. The van der Waals surface area contributed by atoms with Crippen LogP contribution in [0.2, 0.25) is 0 Å². The van der Waals surface area contributed by atoms with Crippen LogP contribution in [0.4, 0.5) is 0 Å². The van der Waals surface area contributed by atoms with Gasteiger partial charge in [0.2, 0.25) is 0 Å². The lowest BCUT2D eigenvalue weighted by Gasteiger charge is -2.04. The van der Waals surface area contributed by atoms with Crippen molar-refractivity contribution in [3.05, 3.63) is 25.0 Å². The molecule has 0 aromatic rings. The molecule has 0 aliphatic carbocycles. The van der Waals surface area contributed by atoms with Gasteiger partial charge in [0.05, 0.1) is 19.5 Å². The van der Waals surface area contributed by atoms with E-state index in [9.17, 15) is 9.59 Å². The van der Waals surface area contributed by atoms with Gasteiger partial charge < -0.3 is 19.3 Å². The number of carbonyl (C=O) groups is 2. The molecule has 0 aliphatic heterocycles. The number of carboxylic acids is 1. The SMILES string of the molecule is C=COCCOCCOC(=O)/C=C\C(=O)O. The summed E-state index contributed by atoms with van der Waals surface area (Å²) in [5, 5.41) is 8.21. The minimum absolute atomic E-state index is 0.0664. The topological polar surface area (TPSA) is 82.1 Å². The normalized spacial score (nSPS) is 10.0. The molecule has 0 atom stereocenters. The first-order chi connectivity index (χ1) is 7.66. The Balaban J connectivity index is 3.34. The Labute approximate surface area is 93.1 Å². The highest BCUT2D eigenvalue weighted by Crippen LogP contribution is 1.84. The van der Waals surface area contributed by atoms with E-state index in [-0.39, 0.29) is 13.2 Å². The van der Waals surface area contributed by atoms with Crippen molar-refractivity contribution in [1.82, 2.24) is 0 Å². The van der Waals surface area contributed by atoms with E-state index in [0.717, 1.165) is 6.08 Å². The average molecular weight is 230 g/mol. The van der Waals surface area contributed by atoms with Crippen molar-refractivity contribution in [2.24, 2.45) is 0 Å². The zero-order chi connectivity index (χ0) is 12.2. The second kappa shape index (κ2) is 9.72. The fourth-order valence-electron chi connectivity index (χ4n) is 0.681. The zero-order valence-corrected chi connectivity index (χ0v) is 8.76. The predicted molar refractivity (Wildman–Crippen MR) is 54.7 cm³/mol. The van der Waals surface area contributed by atoms with Gasteiger partial charge in [0, 0.05) is 12.2 Å². The van der Waals surface area contributed by atoms with Crippen LogP contribution in [0.5, 0.6) is 0 Å². The molecule has 0 spiro atoms. The van der Waals surface area contributed by atoms with Crippen molar-refractivity contribution >= 4 is 11.9 Å². The van der Waals surface area contributed by atoms with E-state index in [4.69, 9.17) is 14.6 Å². The summed E-state index contributed by atoms with van der Waals surface area (Å²) in [6.07, 6.45) is 2.85. The van der Waals surface area contributed by atoms with Crippen LogP contribution in [0.15, 0.2) is 25.0 Å². The fraction of sp³-hybridized carbons (Fsp3) is 0.400. The summed E-state index contributed by atoms with van der Waals surface area (Å²) in [4.78, 5) is 20.9. The van der Waals surface area contributed by atoms with Crippen molar-refractivity contribution in [3.63, 3.8) is 0 Å². The molecule has 16 heavy (non-hydrogen) atoms. The molecule has 0 heterocycles. The van der Waals surface area contributed by atoms with E-state index in [0.29, 0.717) is 19.3 Å². The number of rotatable bonds is 9. The smallest absolute Gasteiger partial charge is 0.331 e. The third-order valence-electron chi connectivity index (χ3n) is 1.30. The first kappa shape index (κ1) is 14.2. The maximum absolute atomic E-state index is 10.8. The molecule has 0 fully saturated rings. The molecule has 90 valence electrons. The maximum Gasteiger partial charge on any atom is 0.331 e. The summed E-state index contributed by atoms with van der Waals surface area (Å²) in [7, 11) is 0. The Morgan fingerprint density at radius 2 is 1.81 bits per heavy atom. The van der Waals surface area contributed by atoms with Gasteiger partial charge >= 0.3 is 11.9 Å². The molecular weight excluding hydrogens is 216 g/mol. The third-order valence-corrected chi connectivity index (χ3v) is 1.30. The van der Waals surface area contributed by atoms with Crippen LogP contribution in [0.25, 0.3) is 0 Å². The van der Waals surface area contributed by atoms with Gasteiger partial charge in [-0.3, -0.25) is 0 Å². The largest absolute Gasteiger partial charge is 0.499 e. The van der Waals surface area contributed by atoms with Crippen LogP contribution in [0.1, 0.15) is 0 Å². The lowest BCUT2D eigenvalue weighted by molar-refractivity contribution is -0.140. The zero-order valence-electron chi connectivity index (χ0n) is 8.76. The second-order valence-corrected chi connectivity index (χ2v) is 2.49. The summed E-state index contributed by atoms with van der Waals surface area (Å²) >= 11 is 0. The number of carboxylic acid groups (broad SMARTS) is 1. The number of aliphatic carboxylic acids is 1. The lowest BCUT2D eigenvalue weighted by Crippen LogP contribution is -2.11. The van der Waals surface area contributed by atoms with Crippen molar-refractivity contribution in [2.45, 2.75) is 0 Å². The van der Waals surface area contributed by atoms with Gasteiger partial charge in [0.25, 0.3) is 0 Å². The Kier molecular flexibility index (Phi) is 8.62. The minimum atomic E-state index is -1.20. The van der Waals surface area contributed by atoms with Crippen molar-refractivity contribution in [3.8, 4) is 0 Å². The monoisotopic (exact) mass is 230 g/mol. The summed E-state index contributed by atoms with van der Waals surface area (Å²) in [5.74, 6) is -1.91. The molecule has 6 nitrogen and oxygen atoms in total. The first-order valence-corrected chi connectivity index (χ1v) is 4.55. The molecule has 0 amide bonds. The summed E-state index contributed by atoms with van der Waals surface area (Å²) in [6.45, 7) is 4.40. The number of hydrogen-bond donors (Lipinski definition) is 1.